The van der Waals surface area contributed by atoms with E-state index in [0.717, 1.165) is 36.2 Å². The molecule has 1 aromatic heterocycles. The van der Waals surface area contributed by atoms with E-state index in [-0.39, 0.29) is 5.91 Å². The summed E-state index contributed by atoms with van der Waals surface area (Å²) >= 11 is 1.70. The SMILES string of the molecule is O=C(O)[C@H]1CCCN1C(=O)CCCCc1nc2ccccc2s1. The highest BCUT2D eigenvalue weighted by atomic mass is 32.1. The maximum Gasteiger partial charge on any atom is 0.326 e. The minimum Gasteiger partial charge on any atom is -0.480 e. The summed E-state index contributed by atoms with van der Waals surface area (Å²) in [6, 6.07) is 7.46. The molecule has 0 saturated carbocycles. The number of hydrogen-bond donors (Lipinski definition) is 1. The molecule has 1 aliphatic heterocycles. The monoisotopic (exact) mass is 332 g/mol. The van der Waals surface area contributed by atoms with E-state index in [0.29, 0.717) is 19.4 Å². The second kappa shape index (κ2) is 7.08. The van der Waals surface area contributed by atoms with Crippen LogP contribution in [-0.2, 0) is 16.0 Å². The normalized spacial score (nSPS) is 17.7. The van der Waals surface area contributed by atoms with Gasteiger partial charge in [0.05, 0.1) is 15.2 Å². The Labute approximate surface area is 138 Å². The number of fused-ring (bicyclic) bond motifs is 1. The van der Waals surface area contributed by atoms with E-state index in [1.54, 1.807) is 11.3 Å². The van der Waals surface area contributed by atoms with E-state index in [4.69, 9.17) is 5.11 Å². The molecule has 23 heavy (non-hydrogen) atoms. The molecule has 5 nitrogen and oxygen atoms in total. The molecule has 122 valence electrons. The number of aromatic nitrogens is 1. The van der Waals surface area contributed by atoms with Gasteiger partial charge < -0.3 is 10.0 Å². The van der Waals surface area contributed by atoms with Crippen LogP contribution < -0.4 is 0 Å². The minimum atomic E-state index is -0.884. The molecule has 0 aliphatic carbocycles. The standard InChI is InChI=1S/C17H20N2O3S/c20-16(19-11-5-7-13(19)17(21)22)10-4-3-9-15-18-12-6-1-2-8-14(12)23-15/h1-2,6,8,13H,3-5,7,9-11H2,(H,21,22)/t13-/m1/s1. The first-order valence-corrected chi connectivity index (χ1v) is 8.83. The van der Waals surface area contributed by atoms with Crippen LogP contribution in [0.2, 0.25) is 0 Å². The molecule has 2 aromatic rings. The Morgan fingerprint density at radius 1 is 1.30 bits per heavy atom. The van der Waals surface area contributed by atoms with Crippen molar-refractivity contribution >= 4 is 33.4 Å². The quantitative estimate of drug-likeness (QED) is 0.825. The number of aliphatic carboxylic acids is 1. The third-order valence-electron chi connectivity index (χ3n) is 4.23. The molecule has 1 atom stereocenters. The molecule has 1 amide bonds. The zero-order valence-corrected chi connectivity index (χ0v) is 13.7. The molecular weight excluding hydrogens is 312 g/mol. The van der Waals surface area contributed by atoms with Crippen LogP contribution in [0.3, 0.4) is 0 Å². The number of para-hydroxylation sites is 1. The second-order valence-electron chi connectivity index (χ2n) is 5.87. The number of aryl methyl sites for hydroxylation is 1. The second-order valence-corrected chi connectivity index (χ2v) is 6.98. The molecule has 0 spiro atoms. The predicted octanol–water partition coefficient (Wildman–Crippen LogP) is 3.08. The van der Waals surface area contributed by atoms with Gasteiger partial charge in [0.1, 0.15) is 6.04 Å². The molecule has 1 aromatic carbocycles. The van der Waals surface area contributed by atoms with Crippen molar-refractivity contribution in [2.75, 3.05) is 6.54 Å². The molecule has 1 N–H and O–H groups in total. The molecule has 0 bridgehead atoms. The molecule has 0 unspecified atom stereocenters. The van der Waals surface area contributed by atoms with Gasteiger partial charge in [0.25, 0.3) is 0 Å². The lowest BCUT2D eigenvalue weighted by Crippen LogP contribution is -2.40. The van der Waals surface area contributed by atoms with E-state index in [1.807, 2.05) is 18.2 Å². The Balaban J connectivity index is 1.46. The molecule has 2 heterocycles. The van der Waals surface area contributed by atoms with Gasteiger partial charge in [0.2, 0.25) is 5.91 Å². The number of amides is 1. The summed E-state index contributed by atoms with van der Waals surface area (Å²) < 4.78 is 1.19. The summed E-state index contributed by atoms with van der Waals surface area (Å²) in [5.41, 5.74) is 1.03. The number of thiazole rings is 1. The lowest BCUT2D eigenvalue weighted by atomic mass is 10.1. The van der Waals surface area contributed by atoms with Gasteiger partial charge in [-0.1, -0.05) is 12.1 Å². The fraction of sp³-hybridized carbons (Fsp3) is 0.471. The van der Waals surface area contributed by atoms with Crippen molar-refractivity contribution in [3.8, 4) is 0 Å². The van der Waals surface area contributed by atoms with Crippen molar-refractivity contribution in [1.82, 2.24) is 9.88 Å². The number of benzene rings is 1. The van der Waals surface area contributed by atoms with Crippen LogP contribution in [0.4, 0.5) is 0 Å². The topological polar surface area (TPSA) is 70.5 Å². The Hall–Kier alpha value is -1.95. The average Bonchev–Trinajstić information content (AvgIpc) is 3.17. The van der Waals surface area contributed by atoms with Gasteiger partial charge in [-0.15, -0.1) is 11.3 Å². The van der Waals surface area contributed by atoms with Crippen molar-refractivity contribution in [1.29, 1.82) is 0 Å². The number of hydrogen-bond acceptors (Lipinski definition) is 4. The fourth-order valence-corrected chi connectivity index (χ4v) is 4.05. The molecule has 3 rings (SSSR count). The molecule has 6 heteroatoms. The van der Waals surface area contributed by atoms with Crippen LogP contribution in [0.25, 0.3) is 10.2 Å². The average molecular weight is 332 g/mol. The Morgan fingerprint density at radius 2 is 2.13 bits per heavy atom. The summed E-state index contributed by atoms with van der Waals surface area (Å²) in [7, 11) is 0. The Kier molecular flexibility index (Phi) is 4.91. The summed E-state index contributed by atoms with van der Waals surface area (Å²) in [5.74, 6) is -0.912. The van der Waals surface area contributed by atoms with Gasteiger partial charge in [0, 0.05) is 13.0 Å². The van der Waals surface area contributed by atoms with Crippen molar-refractivity contribution in [3.63, 3.8) is 0 Å². The smallest absolute Gasteiger partial charge is 0.326 e. The molecular formula is C17H20N2O3S. The molecule has 1 fully saturated rings. The van der Waals surface area contributed by atoms with Crippen LogP contribution in [0.1, 0.15) is 37.1 Å². The number of carboxylic acid groups (broad SMARTS) is 1. The summed E-state index contributed by atoms with van der Waals surface area (Å²) in [6.07, 6.45) is 4.33. The predicted molar refractivity (Wildman–Crippen MR) is 89.5 cm³/mol. The van der Waals surface area contributed by atoms with Gasteiger partial charge in [-0.3, -0.25) is 4.79 Å². The summed E-state index contributed by atoms with van der Waals surface area (Å²) in [4.78, 5) is 29.4. The molecule has 0 radical (unpaired) electrons. The molecule has 1 aliphatic rings. The largest absolute Gasteiger partial charge is 0.480 e. The zero-order valence-electron chi connectivity index (χ0n) is 12.9. The van der Waals surface area contributed by atoms with Crippen LogP contribution in [0.5, 0.6) is 0 Å². The highest BCUT2D eigenvalue weighted by Gasteiger charge is 2.33. The van der Waals surface area contributed by atoms with Gasteiger partial charge in [0.15, 0.2) is 0 Å². The third kappa shape index (κ3) is 3.69. The van der Waals surface area contributed by atoms with E-state index in [2.05, 4.69) is 11.1 Å². The van der Waals surface area contributed by atoms with Crippen LogP contribution in [-0.4, -0.2) is 39.5 Å². The zero-order chi connectivity index (χ0) is 16.2. The first-order chi connectivity index (χ1) is 11.1. The van der Waals surface area contributed by atoms with Crippen LogP contribution in [0.15, 0.2) is 24.3 Å². The van der Waals surface area contributed by atoms with Gasteiger partial charge in [-0.2, -0.15) is 0 Å². The number of carbonyl (C=O) groups excluding carboxylic acids is 1. The number of rotatable bonds is 6. The van der Waals surface area contributed by atoms with Gasteiger partial charge in [-0.05, 0) is 44.2 Å². The van der Waals surface area contributed by atoms with Crippen LogP contribution >= 0.6 is 11.3 Å². The summed E-state index contributed by atoms with van der Waals surface area (Å²) in [6.45, 7) is 0.577. The lowest BCUT2D eigenvalue weighted by Gasteiger charge is -2.21. The maximum atomic E-state index is 12.2. The van der Waals surface area contributed by atoms with E-state index < -0.39 is 12.0 Å². The van der Waals surface area contributed by atoms with E-state index in [1.165, 1.54) is 9.60 Å². The first kappa shape index (κ1) is 15.9. The number of nitrogens with zero attached hydrogens (tertiary/aromatic N) is 2. The number of unbranched alkanes of at least 4 members (excludes halogenated alkanes) is 1. The highest BCUT2D eigenvalue weighted by molar-refractivity contribution is 7.18. The van der Waals surface area contributed by atoms with Crippen molar-refractivity contribution in [3.05, 3.63) is 29.3 Å². The number of likely N-dealkylation sites (tertiary alicyclic amines) is 1. The number of carboxylic acids is 1. The van der Waals surface area contributed by atoms with Crippen molar-refractivity contribution in [2.45, 2.75) is 44.6 Å². The minimum absolute atomic E-state index is 0.0285. The Morgan fingerprint density at radius 3 is 2.91 bits per heavy atom. The number of carbonyl (C=O) groups is 2. The van der Waals surface area contributed by atoms with Gasteiger partial charge >= 0.3 is 5.97 Å². The van der Waals surface area contributed by atoms with Crippen molar-refractivity contribution in [2.24, 2.45) is 0 Å². The first-order valence-electron chi connectivity index (χ1n) is 8.02. The maximum absolute atomic E-state index is 12.2. The van der Waals surface area contributed by atoms with Crippen molar-refractivity contribution < 1.29 is 14.7 Å². The van der Waals surface area contributed by atoms with E-state index in [9.17, 15) is 9.59 Å². The highest BCUT2D eigenvalue weighted by Crippen LogP contribution is 2.23. The Bertz CT molecular complexity index is 680. The lowest BCUT2D eigenvalue weighted by molar-refractivity contribution is -0.148. The molecule has 1 saturated heterocycles. The summed E-state index contributed by atoms with van der Waals surface area (Å²) in [5, 5.41) is 10.2. The van der Waals surface area contributed by atoms with E-state index >= 15 is 0 Å². The fourth-order valence-electron chi connectivity index (χ4n) is 3.04. The van der Waals surface area contributed by atoms with Gasteiger partial charge in [-0.25, -0.2) is 9.78 Å². The third-order valence-corrected chi connectivity index (χ3v) is 5.32. The van der Waals surface area contributed by atoms with Crippen LogP contribution in [0, 0.1) is 0 Å².